The number of aryl methyl sites for hydroxylation is 1. The number of likely N-dealkylation sites (tertiary alicyclic amines) is 1. The number of hydrogen-bond donors (Lipinski definition) is 2. The molecule has 2 aromatic carbocycles. The molecule has 0 aliphatic carbocycles. The van der Waals surface area contributed by atoms with E-state index in [-0.39, 0.29) is 12.1 Å². The Morgan fingerprint density at radius 2 is 1.86 bits per heavy atom. The number of hydrogen-bond acceptors (Lipinski definition) is 2. The van der Waals surface area contributed by atoms with Gasteiger partial charge in [-0.1, -0.05) is 24.3 Å². The van der Waals surface area contributed by atoms with Crippen molar-refractivity contribution >= 4 is 5.96 Å². The first-order valence-corrected chi connectivity index (χ1v) is 9.73. The summed E-state index contributed by atoms with van der Waals surface area (Å²) >= 11 is 0. The summed E-state index contributed by atoms with van der Waals surface area (Å²) in [6.45, 7) is 5.35. The van der Waals surface area contributed by atoms with Crippen molar-refractivity contribution in [3.8, 4) is 0 Å². The van der Waals surface area contributed by atoms with Gasteiger partial charge in [-0.2, -0.15) is 0 Å². The first-order valence-electron chi connectivity index (χ1n) is 9.73. The topological polar surface area (TPSA) is 39.7 Å². The summed E-state index contributed by atoms with van der Waals surface area (Å²) in [6, 6.07) is 12.3. The molecule has 0 spiro atoms. The third-order valence-corrected chi connectivity index (χ3v) is 5.26. The van der Waals surface area contributed by atoms with Crippen LogP contribution in [0.3, 0.4) is 0 Å². The standard InChI is InChI=1S/C22H28F2N4/c1-16-5-3-4-6-17(16)15-28-11-9-20(10-12-28)27-22(25-2)26-14-18-13-19(23)7-8-21(18)24/h3-8,13,20H,9-12,14-15H2,1-2H3,(H2,25,26,27). The lowest BCUT2D eigenvalue weighted by Gasteiger charge is -2.33. The van der Waals surface area contributed by atoms with Crippen molar-refractivity contribution in [2.45, 2.75) is 38.9 Å². The van der Waals surface area contributed by atoms with Crippen LogP contribution in [0.5, 0.6) is 0 Å². The molecule has 2 aromatic rings. The summed E-state index contributed by atoms with van der Waals surface area (Å²) < 4.78 is 27.1. The molecule has 0 bridgehead atoms. The van der Waals surface area contributed by atoms with E-state index in [1.165, 1.54) is 17.2 Å². The number of nitrogens with one attached hydrogen (secondary N) is 2. The fourth-order valence-corrected chi connectivity index (χ4v) is 3.51. The minimum absolute atomic E-state index is 0.190. The van der Waals surface area contributed by atoms with Crippen LogP contribution in [0, 0.1) is 18.6 Å². The van der Waals surface area contributed by atoms with Crippen molar-refractivity contribution in [2.24, 2.45) is 4.99 Å². The second kappa shape index (κ2) is 9.64. The monoisotopic (exact) mass is 386 g/mol. The van der Waals surface area contributed by atoms with Gasteiger partial charge in [-0.05, 0) is 49.1 Å². The lowest BCUT2D eigenvalue weighted by Crippen LogP contribution is -2.48. The summed E-state index contributed by atoms with van der Waals surface area (Å²) in [6.07, 6.45) is 2.03. The van der Waals surface area contributed by atoms with Crippen molar-refractivity contribution in [1.29, 1.82) is 0 Å². The maximum absolute atomic E-state index is 13.8. The van der Waals surface area contributed by atoms with Gasteiger partial charge in [0.2, 0.25) is 0 Å². The van der Waals surface area contributed by atoms with Gasteiger partial charge in [0, 0.05) is 44.8 Å². The Morgan fingerprint density at radius 1 is 1.11 bits per heavy atom. The maximum atomic E-state index is 13.8. The smallest absolute Gasteiger partial charge is 0.191 e. The maximum Gasteiger partial charge on any atom is 0.191 e. The molecule has 0 atom stereocenters. The molecule has 1 heterocycles. The number of halogens is 2. The zero-order valence-corrected chi connectivity index (χ0v) is 16.5. The first-order chi connectivity index (χ1) is 13.5. The Morgan fingerprint density at radius 3 is 2.57 bits per heavy atom. The lowest BCUT2D eigenvalue weighted by atomic mass is 10.0. The van der Waals surface area contributed by atoms with E-state index in [9.17, 15) is 8.78 Å². The zero-order chi connectivity index (χ0) is 19.9. The lowest BCUT2D eigenvalue weighted by molar-refractivity contribution is 0.198. The van der Waals surface area contributed by atoms with E-state index in [0.717, 1.165) is 44.6 Å². The number of benzene rings is 2. The highest BCUT2D eigenvalue weighted by Gasteiger charge is 2.20. The third kappa shape index (κ3) is 5.52. The molecule has 4 nitrogen and oxygen atoms in total. The quantitative estimate of drug-likeness (QED) is 0.609. The molecule has 2 N–H and O–H groups in total. The van der Waals surface area contributed by atoms with Crippen molar-refractivity contribution in [3.05, 3.63) is 70.8 Å². The molecule has 1 saturated heterocycles. The van der Waals surface area contributed by atoms with E-state index >= 15 is 0 Å². The first kappa shape index (κ1) is 20.3. The van der Waals surface area contributed by atoms with E-state index < -0.39 is 11.6 Å². The molecule has 0 radical (unpaired) electrons. The van der Waals surface area contributed by atoms with Gasteiger partial charge >= 0.3 is 0 Å². The summed E-state index contributed by atoms with van der Waals surface area (Å²) in [5.74, 6) is -0.253. The third-order valence-electron chi connectivity index (χ3n) is 5.26. The van der Waals surface area contributed by atoms with Crippen LogP contribution in [0.4, 0.5) is 8.78 Å². The van der Waals surface area contributed by atoms with Crippen LogP contribution < -0.4 is 10.6 Å². The highest BCUT2D eigenvalue weighted by Crippen LogP contribution is 2.16. The van der Waals surface area contributed by atoms with Crippen molar-refractivity contribution in [1.82, 2.24) is 15.5 Å². The van der Waals surface area contributed by atoms with Gasteiger partial charge in [0.15, 0.2) is 5.96 Å². The molecule has 0 amide bonds. The van der Waals surface area contributed by atoms with Gasteiger partial charge in [0.25, 0.3) is 0 Å². The normalized spacial score (nSPS) is 16.2. The minimum Gasteiger partial charge on any atom is -0.354 e. The molecule has 150 valence electrons. The van der Waals surface area contributed by atoms with Gasteiger partial charge in [0.1, 0.15) is 11.6 Å². The van der Waals surface area contributed by atoms with Crippen LogP contribution in [0.1, 0.15) is 29.5 Å². The number of guanidine groups is 1. The highest BCUT2D eigenvalue weighted by molar-refractivity contribution is 5.79. The van der Waals surface area contributed by atoms with Crippen molar-refractivity contribution < 1.29 is 8.78 Å². The van der Waals surface area contributed by atoms with Gasteiger partial charge < -0.3 is 10.6 Å². The number of nitrogens with zero attached hydrogens (tertiary/aromatic N) is 2. The molecule has 1 aliphatic rings. The summed E-state index contributed by atoms with van der Waals surface area (Å²) in [7, 11) is 1.69. The molecule has 6 heteroatoms. The van der Waals surface area contributed by atoms with Crippen molar-refractivity contribution in [3.63, 3.8) is 0 Å². The van der Waals surface area contributed by atoms with E-state index in [4.69, 9.17) is 0 Å². The molecule has 28 heavy (non-hydrogen) atoms. The Kier molecular flexibility index (Phi) is 6.98. The van der Waals surface area contributed by atoms with Gasteiger partial charge in [0.05, 0.1) is 0 Å². The van der Waals surface area contributed by atoms with Crippen LogP contribution in [-0.4, -0.2) is 37.0 Å². The van der Waals surface area contributed by atoms with Crippen molar-refractivity contribution in [2.75, 3.05) is 20.1 Å². The SMILES string of the molecule is CN=C(NCc1cc(F)ccc1F)NC1CCN(Cc2ccccc2C)CC1. The Balaban J connectivity index is 1.46. The average Bonchev–Trinajstić information content (AvgIpc) is 2.70. The Labute approximate surface area is 165 Å². The fraction of sp³-hybridized carbons (Fsp3) is 0.409. The molecule has 0 saturated carbocycles. The predicted molar refractivity (Wildman–Crippen MR) is 109 cm³/mol. The molecule has 1 fully saturated rings. The van der Waals surface area contributed by atoms with E-state index in [1.807, 2.05) is 0 Å². The predicted octanol–water partition coefficient (Wildman–Crippen LogP) is 3.60. The van der Waals surface area contributed by atoms with E-state index in [2.05, 4.69) is 51.7 Å². The Hall–Kier alpha value is -2.47. The van der Waals surface area contributed by atoms with Crippen LogP contribution in [0.25, 0.3) is 0 Å². The number of aliphatic imine (C=N–C) groups is 1. The molecule has 0 aromatic heterocycles. The van der Waals surface area contributed by atoms with Crippen LogP contribution in [-0.2, 0) is 13.1 Å². The average molecular weight is 386 g/mol. The summed E-state index contributed by atoms with van der Waals surface area (Å²) in [4.78, 5) is 6.68. The second-order valence-corrected chi connectivity index (χ2v) is 7.28. The molecule has 1 aliphatic heterocycles. The van der Waals surface area contributed by atoms with Crippen LogP contribution in [0.15, 0.2) is 47.5 Å². The Bertz CT molecular complexity index is 814. The molecular weight excluding hydrogens is 358 g/mol. The zero-order valence-electron chi connectivity index (χ0n) is 16.5. The van der Waals surface area contributed by atoms with Crippen LogP contribution in [0.2, 0.25) is 0 Å². The molecular formula is C22H28F2N4. The largest absolute Gasteiger partial charge is 0.354 e. The van der Waals surface area contributed by atoms with E-state index in [1.54, 1.807) is 7.05 Å². The number of rotatable bonds is 5. The molecule has 0 unspecified atom stereocenters. The van der Waals surface area contributed by atoms with E-state index in [0.29, 0.717) is 12.0 Å². The van der Waals surface area contributed by atoms with Gasteiger partial charge in [-0.3, -0.25) is 9.89 Å². The second-order valence-electron chi connectivity index (χ2n) is 7.28. The summed E-state index contributed by atoms with van der Waals surface area (Å²) in [5, 5.41) is 6.48. The molecule has 3 rings (SSSR count). The van der Waals surface area contributed by atoms with Gasteiger partial charge in [-0.15, -0.1) is 0 Å². The minimum atomic E-state index is -0.442. The van der Waals surface area contributed by atoms with Gasteiger partial charge in [-0.25, -0.2) is 8.78 Å². The summed E-state index contributed by atoms with van der Waals surface area (Å²) in [5.41, 5.74) is 3.00. The highest BCUT2D eigenvalue weighted by atomic mass is 19.1. The van der Waals surface area contributed by atoms with Crippen LogP contribution >= 0.6 is 0 Å². The number of piperidine rings is 1. The fourth-order valence-electron chi connectivity index (χ4n) is 3.51.